The number of hydrogen-bond donors (Lipinski definition) is 4. The van der Waals surface area contributed by atoms with Crippen LogP contribution in [0.2, 0.25) is 0 Å². The van der Waals surface area contributed by atoms with Crippen molar-refractivity contribution in [2.75, 3.05) is 52.4 Å². The molecule has 0 atom stereocenters. The SMILES string of the molecule is CCNCC.CCNCC.CCNCC.CCNCC.Cl.Cl.Cl.Cl.[Ti]. The molecule has 0 saturated heterocycles. The van der Waals surface area contributed by atoms with Crippen LogP contribution in [0.15, 0.2) is 0 Å². The fourth-order valence-electron chi connectivity index (χ4n) is 1.000. The third-order valence-corrected chi connectivity index (χ3v) is 2.00. The molecular formula is C16H48Cl4N4Ti. The Kier molecular flexibility index (Phi) is 188. The van der Waals surface area contributed by atoms with Crippen LogP contribution in [0.1, 0.15) is 55.4 Å². The van der Waals surface area contributed by atoms with Crippen molar-refractivity contribution in [2.45, 2.75) is 55.4 Å². The summed E-state index contributed by atoms with van der Waals surface area (Å²) in [5.41, 5.74) is 0. The van der Waals surface area contributed by atoms with Crippen LogP contribution in [0.5, 0.6) is 0 Å². The maximum Gasteiger partial charge on any atom is 0 e. The van der Waals surface area contributed by atoms with Gasteiger partial charge >= 0.3 is 0 Å². The van der Waals surface area contributed by atoms with Gasteiger partial charge in [-0.25, -0.2) is 0 Å². The molecule has 9 heteroatoms. The van der Waals surface area contributed by atoms with Crippen LogP contribution in [0.3, 0.4) is 0 Å². The molecule has 0 saturated carbocycles. The van der Waals surface area contributed by atoms with E-state index in [0.29, 0.717) is 0 Å². The van der Waals surface area contributed by atoms with E-state index in [4.69, 9.17) is 0 Å². The van der Waals surface area contributed by atoms with Crippen molar-refractivity contribution < 1.29 is 21.7 Å². The molecule has 0 amide bonds. The Hall–Kier alpha value is 1.71. The van der Waals surface area contributed by atoms with Gasteiger partial charge in [0.05, 0.1) is 0 Å². The minimum absolute atomic E-state index is 0. The third kappa shape index (κ3) is 153. The number of nitrogens with one attached hydrogen (secondary N) is 4. The number of rotatable bonds is 8. The number of halogens is 4. The summed E-state index contributed by atoms with van der Waals surface area (Å²) in [7, 11) is 0. The molecule has 0 aliphatic carbocycles. The van der Waals surface area contributed by atoms with Gasteiger partial charge in [0, 0.05) is 21.7 Å². The van der Waals surface area contributed by atoms with Crippen molar-refractivity contribution >= 4 is 49.6 Å². The van der Waals surface area contributed by atoms with Gasteiger partial charge in [0.2, 0.25) is 0 Å². The van der Waals surface area contributed by atoms with E-state index in [0.717, 1.165) is 52.4 Å². The molecule has 4 nitrogen and oxygen atoms in total. The monoisotopic (exact) mass is 484 g/mol. The van der Waals surface area contributed by atoms with Crippen molar-refractivity contribution in [1.82, 2.24) is 21.3 Å². The maximum absolute atomic E-state index is 3.11. The van der Waals surface area contributed by atoms with Gasteiger partial charge in [-0.3, -0.25) is 0 Å². The molecule has 4 N–H and O–H groups in total. The van der Waals surface area contributed by atoms with E-state index in [9.17, 15) is 0 Å². The van der Waals surface area contributed by atoms with Crippen LogP contribution in [-0.2, 0) is 21.7 Å². The second kappa shape index (κ2) is 83.5. The zero-order valence-electron chi connectivity index (χ0n) is 17.8. The Morgan fingerprint density at radius 3 is 0.400 bits per heavy atom. The summed E-state index contributed by atoms with van der Waals surface area (Å²) in [5.74, 6) is 0. The Balaban J connectivity index is -0.0000000183. The largest absolute Gasteiger partial charge is 0.317 e. The molecule has 0 aliphatic heterocycles. The van der Waals surface area contributed by atoms with Crippen molar-refractivity contribution in [2.24, 2.45) is 0 Å². The molecule has 25 heavy (non-hydrogen) atoms. The summed E-state index contributed by atoms with van der Waals surface area (Å²) >= 11 is 0. The topological polar surface area (TPSA) is 48.1 Å². The molecule has 0 heterocycles. The van der Waals surface area contributed by atoms with Crippen molar-refractivity contribution in [3.8, 4) is 0 Å². The van der Waals surface area contributed by atoms with Crippen LogP contribution in [0.25, 0.3) is 0 Å². The molecule has 0 spiro atoms. The fraction of sp³-hybridized carbons (Fsp3) is 1.00. The molecule has 164 valence electrons. The van der Waals surface area contributed by atoms with Gasteiger partial charge in [-0.15, -0.1) is 49.6 Å². The zero-order chi connectivity index (χ0) is 16.5. The van der Waals surface area contributed by atoms with Gasteiger partial charge in [-0.1, -0.05) is 55.4 Å². The van der Waals surface area contributed by atoms with Crippen molar-refractivity contribution in [1.29, 1.82) is 0 Å². The quantitative estimate of drug-likeness (QED) is 0.390. The molecular weight excluding hydrogens is 438 g/mol. The van der Waals surface area contributed by atoms with E-state index >= 15 is 0 Å². The second-order valence-electron chi connectivity index (χ2n) is 3.83. The Labute approximate surface area is 199 Å². The van der Waals surface area contributed by atoms with Gasteiger partial charge < -0.3 is 21.3 Å². The van der Waals surface area contributed by atoms with E-state index in [1.807, 2.05) is 0 Å². The first-order valence-electron chi connectivity index (χ1n) is 8.49. The summed E-state index contributed by atoms with van der Waals surface area (Å²) in [6.07, 6.45) is 0. The maximum atomic E-state index is 3.11. The van der Waals surface area contributed by atoms with Gasteiger partial charge in [-0.05, 0) is 52.4 Å². The first-order valence-corrected chi connectivity index (χ1v) is 8.49. The first-order chi connectivity index (χ1) is 9.66. The fourth-order valence-corrected chi connectivity index (χ4v) is 1.000. The van der Waals surface area contributed by atoms with Crippen molar-refractivity contribution in [3.05, 3.63) is 0 Å². The Bertz CT molecular complexity index is 90.1. The van der Waals surface area contributed by atoms with E-state index in [1.165, 1.54) is 0 Å². The van der Waals surface area contributed by atoms with Crippen LogP contribution in [0, 0.1) is 0 Å². The summed E-state index contributed by atoms with van der Waals surface area (Å²) in [6.45, 7) is 25.6. The van der Waals surface area contributed by atoms with Gasteiger partial charge in [-0.2, -0.15) is 0 Å². The molecule has 0 aromatic heterocycles. The van der Waals surface area contributed by atoms with E-state index in [1.54, 1.807) is 0 Å². The van der Waals surface area contributed by atoms with Crippen molar-refractivity contribution in [3.63, 3.8) is 0 Å². The van der Waals surface area contributed by atoms with Crippen LogP contribution in [-0.4, -0.2) is 52.4 Å². The Morgan fingerprint density at radius 1 is 0.320 bits per heavy atom. The minimum atomic E-state index is 0. The predicted octanol–water partition coefficient (Wildman–Crippen LogP) is 4.15. The molecule has 0 bridgehead atoms. The number of hydrogen-bond acceptors (Lipinski definition) is 4. The Morgan fingerprint density at radius 2 is 0.400 bits per heavy atom. The average Bonchev–Trinajstić information content (AvgIpc) is 2.44. The summed E-state index contributed by atoms with van der Waals surface area (Å²) in [6, 6.07) is 0. The molecule has 0 aromatic carbocycles. The first kappa shape index (κ1) is 56.3. The summed E-state index contributed by atoms with van der Waals surface area (Å²) in [4.78, 5) is 0. The van der Waals surface area contributed by atoms with Gasteiger partial charge in [0.1, 0.15) is 0 Å². The van der Waals surface area contributed by atoms with Crippen LogP contribution >= 0.6 is 49.6 Å². The average molecular weight is 486 g/mol. The van der Waals surface area contributed by atoms with Crippen LogP contribution < -0.4 is 21.3 Å². The zero-order valence-corrected chi connectivity index (χ0v) is 22.6. The predicted molar refractivity (Wildman–Crippen MR) is 126 cm³/mol. The third-order valence-electron chi connectivity index (χ3n) is 2.00. The van der Waals surface area contributed by atoms with E-state index in [2.05, 4.69) is 76.7 Å². The molecule has 0 rings (SSSR count). The molecule has 0 fully saturated rings. The summed E-state index contributed by atoms with van der Waals surface area (Å²) in [5, 5.41) is 12.4. The van der Waals surface area contributed by atoms with E-state index in [-0.39, 0.29) is 71.3 Å². The van der Waals surface area contributed by atoms with E-state index < -0.39 is 0 Å². The standard InChI is InChI=1S/4C4H11N.4ClH.Ti/c4*1-3-5-4-2;;;;;/h4*5H,3-4H2,1-2H3;4*1H;. The van der Waals surface area contributed by atoms with Gasteiger partial charge in [0.15, 0.2) is 0 Å². The molecule has 0 radical (unpaired) electrons. The molecule has 0 aliphatic rings. The molecule has 0 unspecified atom stereocenters. The smallest absolute Gasteiger partial charge is 0 e. The normalized spacial score (nSPS) is 6.72. The van der Waals surface area contributed by atoms with Crippen LogP contribution in [0.4, 0.5) is 0 Å². The summed E-state index contributed by atoms with van der Waals surface area (Å²) < 4.78 is 0. The minimum Gasteiger partial charge on any atom is -0.317 e. The molecule has 0 aromatic rings. The second-order valence-corrected chi connectivity index (χ2v) is 3.83. The van der Waals surface area contributed by atoms with Gasteiger partial charge in [0.25, 0.3) is 0 Å².